The van der Waals surface area contributed by atoms with Crippen LogP contribution in [0.4, 0.5) is 5.69 Å². The number of likely N-dealkylation sites (N-methyl/N-ethyl adjacent to an activating group) is 1. The Hall–Kier alpha value is -2.22. The number of rotatable bonds is 4. The van der Waals surface area contributed by atoms with E-state index in [2.05, 4.69) is 4.90 Å². The average molecular weight is 388 g/mol. The van der Waals surface area contributed by atoms with Gasteiger partial charge in [-0.2, -0.15) is 4.31 Å². The van der Waals surface area contributed by atoms with Crippen molar-refractivity contribution in [3.63, 3.8) is 0 Å². The number of amides is 1. The minimum atomic E-state index is -3.61. The van der Waals surface area contributed by atoms with Crippen molar-refractivity contribution in [1.82, 2.24) is 9.21 Å². The van der Waals surface area contributed by atoms with Crippen LogP contribution in [0.1, 0.15) is 15.9 Å². The van der Waals surface area contributed by atoms with Crippen molar-refractivity contribution in [3.05, 3.63) is 59.7 Å². The van der Waals surface area contributed by atoms with Gasteiger partial charge in [-0.3, -0.25) is 4.79 Å². The predicted octanol–water partition coefficient (Wildman–Crippen LogP) is 2.21. The number of anilines is 1. The summed E-state index contributed by atoms with van der Waals surface area (Å²) in [5.74, 6) is -0.228. The molecule has 1 aliphatic heterocycles. The third kappa shape index (κ3) is 4.05. The van der Waals surface area contributed by atoms with Gasteiger partial charge >= 0.3 is 0 Å². The van der Waals surface area contributed by atoms with E-state index in [1.807, 2.05) is 44.3 Å². The minimum absolute atomic E-state index is 0.169. The van der Waals surface area contributed by atoms with E-state index in [4.69, 9.17) is 0 Å². The van der Waals surface area contributed by atoms with Gasteiger partial charge in [-0.25, -0.2) is 8.42 Å². The van der Waals surface area contributed by atoms with Crippen LogP contribution in [0.5, 0.6) is 0 Å². The second-order valence-corrected chi connectivity index (χ2v) is 8.82. The molecule has 1 aliphatic rings. The van der Waals surface area contributed by atoms with E-state index in [1.165, 1.54) is 15.3 Å². The molecule has 7 heteroatoms. The van der Waals surface area contributed by atoms with Crippen LogP contribution in [-0.4, -0.2) is 63.8 Å². The van der Waals surface area contributed by atoms with Gasteiger partial charge in [0.2, 0.25) is 10.0 Å². The molecule has 0 N–H and O–H groups in total. The van der Waals surface area contributed by atoms with Crippen molar-refractivity contribution < 1.29 is 13.2 Å². The Morgan fingerprint density at radius 1 is 1.00 bits per heavy atom. The molecule has 6 nitrogen and oxygen atoms in total. The number of carbonyl (C=O) groups is 1. The molecule has 0 unspecified atom stereocenters. The molecule has 27 heavy (non-hydrogen) atoms. The molecule has 1 saturated heterocycles. The molecule has 0 saturated carbocycles. The summed E-state index contributed by atoms with van der Waals surface area (Å²) >= 11 is 0. The molecule has 144 valence electrons. The average Bonchev–Trinajstić information content (AvgIpc) is 2.68. The summed E-state index contributed by atoms with van der Waals surface area (Å²) in [6.07, 6.45) is 0. The van der Waals surface area contributed by atoms with Gasteiger partial charge < -0.3 is 9.80 Å². The van der Waals surface area contributed by atoms with Crippen LogP contribution in [0.3, 0.4) is 0 Å². The van der Waals surface area contributed by atoms with Crippen LogP contribution in [0.25, 0.3) is 0 Å². The Balaban J connectivity index is 1.91. The summed E-state index contributed by atoms with van der Waals surface area (Å²) in [5.41, 5.74) is 1.91. The van der Waals surface area contributed by atoms with Gasteiger partial charge in [0, 0.05) is 44.5 Å². The van der Waals surface area contributed by atoms with Gasteiger partial charge in [0.05, 0.1) is 4.90 Å². The van der Waals surface area contributed by atoms with E-state index >= 15 is 0 Å². The Morgan fingerprint density at radius 2 is 1.63 bits per heavy atom. The van der Waals surface area contributed by atoms with Crippen molar-refractivity contribution in [1.29, 1.82) is 0 Å². The zero-order chi connectivity index (χ0) is 19.6. The number of hydrogen-bond donors (Lipinski definition) is 0. The lowest BCUT2D eigenvalue weighted by molar-refractivity contribution is 0.0992. The van der Waals surface area contributed by atoms with Gasteiger partial charge in [-0.05, 0) is 43.8 Å². The molecule has 2 aromatic carbocycles. The second kappa shape index (κ2) is 7.80. The van der Waals surface area contributed by atoms with E-state index in [0.29, 0.717) is 31.7 Å². The maximum atomic E-state index is 13.0. The highest BCUT2D eigenvalue weighted by atomic mass is 32.2. The number of carbonyl (C=O) groups excluding carboxylic acids is 1. The number of benzene rings is 2. The van der Waals surface area contributed by atoms with Crippen molar-refractivity contribution in [2.24, 2.45) is 0 Å². The molecular weight excluding hydrogens is 362 g/mol. The lowest BCUT2D eigenvalue weighted by atomic mass is 10.1. The Labute approximate surface area is 161 Å². The number of sulfonamides is 1. The van der Waals surface area contributed by atoms with Gasteiger partial charge in [0.1, 0.15) is 0 Å². The quantitative estimate of drug-likeness (QED) is 0.807. The van der Waals surface area contributed by atoms with Crippen LogP contribution in [0, 0.1) is 6.92 Å². The fraction of sp³-hybridized carbons (Fsp3) is 0.350. The fourth-order valence-corrected chi connectivity index (χ4v) is 4.57. The van der Waals surface area contributed by atoms with Crippen LogP contribution < -0.4 is 4.90 Å². The molecule has 0 spiro atoms. The molecule has 0 aromatic heterocycles. The highest BCUT2D eigenvalue weighted by Crippen LogP contribution is 2.23. The molecule has 0 atom stereocenters. The monoisotopic (exact) mass is 387 g/mol. The van der Waals surface area contributed by atoms with Gasteiger partial charge in [0.25, 0.3) is 5.91 Å². The highest BCUT2D eigenvalue weighted by Gasteiger charge is 2.28. The Morgan fingerprint density at radius 3 is 2.26 bits per heavy atom. The van der Waals surface area contributed by atoms with Crippen molar-refractivity contribution in [2.75, 3.05) is 45.2 Å². The third-order valence-electron chi connectivity index (χ3n) is 4.99. The summed E-state index contributed by atoms with van der Waals surface area (Å²) in [6, 6.07) is 14.1. The van der Waals surface area contributed by atoms with Gasteiger partial charge in [-0.1, -0.05) is 24.3 Å². The Kier molecular flexibility index (Phi) is 5.64. The number of piperazine rings is 1. The largest absolute Gasteiger partial charge is 0.311 e. The summed E-state index contributed by atoms with van der Waals surface area (Å²) in [6.45, 7) is 4.14. The summed E-state index contributed by atoms with van der Waals surface area (Å²) in [7, 11) is 0.0588. The normalized spacial score (nSPS) is 16.3. The predicted molar refractivity (Wildman–Crippen MR) is 107 cm³/mol. The molecule has 2 aromatic rings. The third-order valence-corrected chi connectivity index (χ3v) is 6.88. The smallest absolute Gasteiger partial charge is 0.258 e. The number of hydrogen-bond acceptors (Lipinski definition) is 4. The maximum Gasteiger partial charge on any atom is 0.258 e. The van der Waals surface area contributed by atoms with E-state index in [0.717, 1.165) is 11.3 Å². The van der Waals surface area contributed by atoms with E-state index in [9.17, 15) is 13.2 Å². The SMILES string of the molecule is Cc1ccc(S(=O)(=O)N2CCN(C)CC2)cc1C(=O)N(C)c1ccccc1. The number of nitrogens with zero attached hydrogens (tertiary/aromatic N) is 3. The van der Waals surface area contributed by atoms with Crippen molar-refractivity contribution >= 4 is 21.6 Å². The standard InChI is InChI=1S/C20H25N3O3S/c1-16-9-10-18(27(25,26)23-13-11-21(2)12-14-23)15-19(16)20(24)22(3)17-7-5-4-6-8-17/h4-10,15H,11-14H2,1-3H3. The zero-order valence-corrected chi connectivity index (χ0v) is 16.7. The minimum Gasteiger partial charge on any atom is -0.311 e. The molecule has 1 heterocycles. The number of aryl methyl sites for hydroxylation is 1. The highest BCUT2D eigenvalue weighted by molar-refractivity contribution is 7.89. The lowest BCUT2D eigenvalue weighted by Gasteiger charge is -2.31. The molecular formula is C20H25N3O3S. The fourth-order valence-electron chi connectivity index (χ4n) is 3.12. The first-order valence-electron chi connectivity index (χ1n) is 8.93. The first-order chi connectivity index (χ1) is 12.8. The van der Waals surface area contributed by atoms with Crippen molar-refractivity contribution in [2.45, 2.75) is 11.8 Å². The molecule has 0 aliphatic carbocycles. The van der Waals surface area contributed by atoms with E-state index in [1.54, 1.807) is 19.2 Å². The molecule has 1 amide bonds. The van der Waals surface area contributed by atoms with Crippen LogP contribution >= 0.6 is 0 Å². The summed E-state index contributed by atoms with van der Waals surface area (Å²) in [5, 5.41) is 0. The summed E-state index contributed by atoms with van der Waals surface area (Å²) in [4.78, 5) is 16.8. The van der Waals surface area contributed by atoms with Crippen LogP contribution in [0.15, 0.2) is 53.4 Å². The molecule has 0 bridgehead atoms. The van der Waals surface area contributed by atoms with Crippen molar-refractivity contribution in [3.8, 4) is 0 Å². The lowest BCUT2D eigenvalue weighted by Crippen LogP contribution is -2.47. The number of para-hydroxylation sites is 1. The zero-order valence-electron chi connectivity index (χ0n) is 15.9. The van der Waals surface area contributed by atoms with E-state index < -0.39 is 10.0 Å². The molecule has 0 radical (unpaired) electrons. The maximum absolute atomic E-state index is 13.0. The second-order valence-electron chi connectivity index (χ2n) is 6.88. The Bertz CT molecular complexity index is 921. The van der Waals surface area contributed by atoms with Crippen LogP contribution in [0.2, 0.25) is 0 Å². The molecule has 1 fully saturated rings. The first-order valence-corrected chi connectivity index (χ1v) is 10.4. The van der Waals surface area contributed by atoms with Crippen LogP contribution in [-0.2, 0) is 10.0 Å². The van der Waals surface area contributed by atoms with E-state index in [-0.39, 0.29) is 10.8 Å². The van der Waals surface area contributed by atoms with Gasteiger partial charge in [-0.15, -0.1) is 0 Å². The topological polar surface area (TPSA) is 60.9 Å². The molecule has 3 rings (SSSR count). The summed E-state index contributed by atoms with van der Waals surface area (Å²) < 4.78 is 27.5. The first kappa shape index (κ1) is 19.5. The van der Waals surface area contributed by atoms with Gasteiger partial charge in [0.15, 0.2) is 0 Å².